The quantitative estimate of drug-likeness (QED) is 0.576. The summed E-state index contributed by atoms with van der Waals surface area (Å²) in [5.41, 5.74) is 0.876. The Morgan fingerprint density at radius 2 is 2.19 bits per heavy atom. The van der Waals surface area contributed by atoms with Crippen molar-refractivity contribution in [3.05, 3.63) is 35.9 Å². The molecule has 1 aromatic carbocycles. The lowest BCUT2D eigenvalue weighted by Gasteiger charge is -2.03. The maximum absolute atomic E-state index is 11.2. The van der Waals surface area contributed by atoms with Gasteiger partial charge in [-0.2, -0.15) is 0 Å². The molecule has 1 rings (SSSR count). The predicted octanol–water partition coefficient (Wildman–Crippen LogP) is 2.46. The number of rotatable bonds is 4. The second-order valence-electron chi connectivity index (χ2n) is 3.51. The molecule has 85 valence electrons. The average molecular weight is 219 g/mol. The minimum atomic E-state index is -0.342. The van der Waals surface area contributed by atoms with Crippen molar-refractivity contribution in [3.63, 3.8) is 0 Å². The molecule has 0 heterocycles. The molecule has 0 N–H and O–H groups in total. The van der Waals surface area contributed by atoms with Crippen LogP contribution in [0.3, 0.4) is 0 Å². The number of ether oxygens (including phenoxy) is 2. The van der Waals surface area contributed by atoms with E-state index < -0.39 is 0 Å². The van der Waals surface area contributed by atoms with Crippen LogP contribution in [0.1, 0.15) is 19.4 Å². The highest BCUT2D eigenvalue weighted by atomic mass is 16.5. The number of benzene rings is 1. The molecule has 1 aromatic rings. The van der Waals surface area contributed by atoms with E-state index in [-0.39, 0.29) is 12.1 Å². The summed E-state index contributed by atoms with van der Waals surface area (Å²) in [6.45, 7) is 3.62. The van der Waals surface area contributed by atoms with Crippen LogP contribution in [0.15, 0.2) is 24.3 Å². The molecule has 3 nitrogen and oxygen atoms in total. The maximum atomic E-state index is 11.2. The smallest absolute Gasteiger partial charge is 0.331 e. The summed E-state index contributed by atoms with van der Waals surface area (Å²) in [6, 6.07) is 8.30. The Kier molecular flexibility index (Phi) is 4.58. The molecule has 0 bridgehead atoms. The highest BCUT2D eigenvalue weighted by Gasteiger charge is 1.99. The Hall–Kier alpha value is -1.77. The van der Waals surface area contributed by atoms with Crippen LogP contribution in [0, 0.1) is 6.07 Å². The third-order valence-corrected chi connectivity index (χ3v) is 1.79. The Labute approximate surface area is 95.7 Å². The van der Waals surface area contributed by atoms with Crippen LogP contribution in [0.4, 0.5) is 0 Å². The molecule has 16 heavy (non-hydrogen) atoms. The standard InChI is InChI=1S/C13H15O3/c1-10(2)16-13(14)9-6-11-4-7-12(15-3)8-5-11/h4-7,9-10H,1-3H3/b9-6+. The Morgan fingerprint density at radius 3 is 2.69 bits per heavy atom. The van der Waals surface area contributed by atoms with E-state index in [1.807, 2.05) is 19.9 Å². The number of hydrogen-bond donors (Lipinski definition) is 0. The fourth-order valence-corrected chi connectivity index (χ4v) is 1.09. The highest BCUT2D eigenvalue weighted by molar-refractivity contribution is 5.87. The summed E-state index contributed by atoms with van der Waals surface area (Å²) in [6.07, 6.45) is 2.98. The number of hydrogen-bond acceptors (Lipinski definition) is 3. The number of methoxy groups -OCH3 is 1. The zero-order valence-corrected chi connectivity index (χ0v) is 9.69. The minimum absolute atomic E-state index is 0.0976. The molecule has 0 aromatic heterocycles. The molecule has 0 saturated carbocycles. The van der Waals surface area contributed by atoms with Crippen molar-refractivity contribution in [2.75, 3.05) is 7.11 Å². The molecular formula is C13H15O3. The van der Waals surface area contributed by atoms with E-state index in [1.165, 1.54) is 6.08 Å². The molecular weight excluding hydrogens is 204 g/mol. The number of carbonyl (C=O) groups excluding carboxylic acids is 1. The van der Waals surface area contributed by atoms with Crippen molar-refractivity contribution < 1.29 is 14.3 Å². The molecule has 0 aliphatic rings. The van der Waals surface area contributed by atoms with Crippen molar-refractivity contribution in [1.82, 2.24) is 0 Å². The first kappa shape index (κ1) is 12.3. The summed E-state index contributed by atoms with van der Waals surface area (Å²) < 4.78 is 9.93. The molecule has 0 unspecified atom stereocenters. The third-order valence-electron chi connectivity index (χ3n) is 1.79. The molecule has 0 saturated heterocycles. The first-order valence-corrected chi connectivity index (χ1v) is 5.06. The normalized spacial score (nSPS) is 10.8. The van der Waals surface area contributed by atoms with Crippen molar-refractivity contribution in [3.8, 4) is 5.75 Å². The van der Waals surface area contributed by atoms with Gasteiger partial charge in [0.25, 0.3) is 0 Å². The van der Waals surface area contributed by atoms with Gasteiger partial charge in [0, 0.05) is 12.1 Å². The lowest BCUT2D eigenvalue weighted by Crippen LogP contribution is -2.08. The van der Waals surface area contributed by atoms with Crippen LogP contribution < -0.4 is 4.74 Å². The van der Waals surface area contributed by atoms with Crippen LogP contribution in [0.2, 0.25) is 0 Å². The van der Waals surface area contributed by atoms with Gasteiger partial charge in [-0.1, -0.05) is 6.07 Å². The van der Waals surface area contributed by atoms with Crippen LogP contribution in [-0.2, 0) is 9.53 Å². The van der Waals surface area contributed by atoms with E-state index in [0.29, 0.717) is 5.75 Å². The molecule has 3 heteroatoms. The molecule has 0 aliphatic carbocycles. The van der Waals surface area contributed by atoms with Crippen molar-refractivity contribution in [2.45, 2.75) is 20.0 Å². The monoisotopic (exact) mass is 219 g/mol. The fourth-order valence-electron chi connectivity index (χ4n) is 1.09. The van der Waals surface area contributed by atoms with Gasteiger partial charge in [-0.05, 0) is 37.6 Å². The lowest BCUT2D eigenvalue weighted by atomic mass is 10.2. The summed E-state index contributed by atoms with van der Waals surface area (Å²) in [7, 11) is 1.58. The van der Waals surface area contributed by atoms with Gasteiger partial charge in [0.1, 0.15) is 5.75 Å². The van der Waals surface area contributed by atoms with Gasteiger partial charge >= 0.3 is 5.97 Å². The molecule has 0 aliphatic heterocycles. The summed E-state index contributed by atoms with van der Waals surface area (Å²) >= 11 is 0. The van der Waals surface area contributed by atoms with E-state index in [9.17, 15) is 4.79 Å². The van der Waals surface area contributed by atoms with E-state index in [2.05, 4.69) is 6.07 Å². The number of carbonyl (C=O) groups is 1. The third kappa shape index (κ3) is 4.17. The van der Waals surface area contributed by atoms with Gasteiger partial charge in [0.15, 0.2) is 0 Å². The van der Waals surface area contributed by atoms with Gasteiger partial charge < -0.3 is 9.47 Å². The Balaban J connectivity index is 2.58. The highest BCUT2D eigenvalue weighted by Crippen LogP contribution is 2.11. The average Bonchev–Trinajstić information content (AvgIpc) is 2.26. The Bertz CT molecular complexity index is 363. The van der Waals surface area contributed by atoms with Gasteiger partial charge in [0.05, 0.1) is 13.2 Å². The van der Waals surface area contributed by atoms with Gasteiger partial charge in [-0.3, -0.25) is 0 Å². The second-order valence-corrected chi connectivity index (χ2v) is 3.51. The summed E-state index contributed by atoms with van der Waals surface area (Å²) in [4.78, 5) is 11.2. The molecule has 1 radical (unpaired) electrons. The van der Waals surface area contributed by atoms with Crippen molar-refractivity contribution >= 4 is 12.0 Å². The van der Waals surface area contributed by atoms with Crippen LogP contribution in [-0.4, -0.2) is 19.2 Å². The largest absolute Gasteiger partial charge is 0.496 e. The zero-order chi connectivity index (χ0) is 12.0. The van der Waals surface area contributed by atoms with Gasteiger partial charge in [-0.25, -0.2) is 4.79 Å². The van der Waals surface area contributed by atoms with Crippen molar-refractivity contribution in [1.29, 1.82) is 0 Å². The van der Waals surface area contributed by atoms with Crippen LogP contribution >= 0.6 is 0 Å². The minimum Gasteiger partial charge on any atom is -0.496 e. The SMILES string of the molecule is COc1[c]cc(/C=C/C(=O)OC(C)C)cc1. The summed E-state index contributed by atoms with van der Waals surface area (Å²) in [5.74, 6) is 0.327. The topological polar surface area (TPSA) is 35.5 Å². The van der Waals surface area contributed by atoms with E-state index in [4.69, 9.17) is 9.47 Å². The van der Waals surface area contributed by atoms with E-state index in [1.54, 1.807) is 25.3 Å². The molecule has 0 amide bonds. The first-order chi connectivity index (χ1) is 7.61. The molecule has 0 fully saturated rings. The zero-order valence-electron chi connectivity index (χ0n) is 9.69. The van der Waals surface area contributed by atoms with Gasteiger partial charge in [-0.15, -0.1) is 0 Å². The van der Waals surface area contributed by atoms with E-state index >= 15 is 0 Å². The Morgan fingerprint density at radius 1 is 1.44 bits per heavy atom. The molecule has 0 atom stereocenters. The first-order valence-electron chi connectivity index (χ1n) is 5.06. The lowest BCUT2D eigenvalue weighted by molar-refractivity contribution is -0.141. The molecule has 0 spiro atoms. The maximum Gasteiger partial charge on any atom is 0.331 e. The van der Waals surface area contributed by atoms with Gasteiger partial charge in [0.2, 0.25) is 0 Å². The number of esters is 1. The van der Waals surface area contributed by atoms with Crippen LogP contribution in [0.5, 0.6) is 5.75 Å². The fraction of sp³-hybridized carbons (Fsp3) is 0.308. The second kappa shape index (κ2) is 5.95. The predicted molar refractivity (Wildman–Crippen MR) is 62.1 cm³/mol. The summed E-state index contributed by atoms with van der Waals surface area (Å²) in [5, 5.41) is 0. The van der Waals surface area contributed by atoms with Crippen molar-refractivity contribution in [2.24, 2.45) is 0 Å². The van der Waals surface area contributed by atoms with Crippen LogP contribution in [0.25, 0.3) is 6.08 Å². The van der Waals surface area contributed by atoms with E-state index in [0.717, 1.165) is 5.56 Å².